The molecule has 92 valence electrons. The van der Waals surface area contributed by atoms with E-state index in [1.165, 1.54) is 0 Å². The summed E-state index contributed by atoms with van der Waals surface area (Å²) in [6, 6.07) is -0.0915. The van der Waals surface area contributed by atoms with E-state index in [4.69, 9.17) is 0 Å². The number of amides is 1. The molecule has 0 aliphatic carbocycles. The first-order valence-corrected chi connectivity index (χ1v) is 7.61. The SMILES string of the molecule is O=C1CNCCCN1C1CCCS(=O)(=O)C1. The van der Waals surface area contributed by atoms with E-state index in [9.17, 15) is 13.2 Å². The predicted octanol–water partition coefficient (Wildman–Crippen LogP) is -0.614. The molecule has 1 atom stereocenters. The molecule has 0 aromatic rings. The van der Waals surface area contributed by atoms with Crippen molar-refractivity contribution in [1.82, 2.24) is 10.2 Å². The molecule has 5 nitrogen and oxygen atoms in total. The van der Waals surface area contributed by atoms with Gasteiger partial charge in [0.05, 0.1) is 18.1 Å². The molecule has 0 aromatic heterocycles. The molecular weight excluding hydrogens is 228 g/mol. The Morgan fingerprint density at radius 3 is 2.88 bits per heavy atom. The van der Waals surface area contributed by atoms with Crippen LogP contribution in [0.3, 0.4) is 0 Å². The highest BCUT2D eigenvalue weighted by Gasteiger charge is 2.32. The second kappa shape index (κ2) is 4.71. The van der Waals surface area contributed by atoms with Crippen LogP contribution in [-0.2, 0) is 14.6 Å². The molecule has 0 spiro atoms. The van der Waals surface area contributed by atoms with Gasteiger partial charge < -0.3 is 10.2 Å². The second-order valence-corrected chi connectivity index (χ2v) is 6.76. The Bertz CT molecular complexity index is 366. The first-order valence-electron chi connectivity index (χ1n) is 5.79. The van der Waals surface area contributed by atoms with Gasteiger partial charge >= 0.3 is 0 Å². The molecule has 0 saturated carbocycles. The van der Waals surface area contributed by atoms with Gasteiger partial charge in [0.1, 0.15) is 0 Å². The Kier molecular flexibility index (Phi) is 3.49. The zero-order chi connectivity index (χ0) is 11.6. The molecule has 0 aromatic carbocycles. The number of hydrogen-bond acceptors (Lipinski definition) is 4. The summed E-state index contributed by atoms with van der Waals surface area (Å²) in [6.45, 7) is 1.87. The van der Waals surface area contributed by atoms with Gasteiger partial charge in [-0.2, -0.15) is 0 Å². The number of rotatable bonds is 1. The second-order valence-electron chi connectivity index (χ2n) is 4.53. The normalized spacial score (nSPS) is 31.1. The average molecular weight is 246 g/mol. The molecule has 2 saturated heterocycles. The van der Waals surface area contributed by atoms with Crippen molar-refractivity contribution in [3.8, 4) is 0 Å². The van der Waals surface area contributed by atoms with E-state index in [2.05, 4.69) is 5.32 Å². The molecule has 2 fully saturated rings. The van der Waals surface area contributed by atoms with Crippen molar-refractivity contribution in [3.05, 3.63) is 0 Å². The maximum atomic E-state index is 11.8. The number of sulfone groups is 1. The van der Waals surface area contributed by atoms with Crippen molar-refractivity contribution in [3.63, 3.8) is 0 Å². The lowest BCUT2D eigenvalue weighted by atomic mass is 10.1. The van der Waals surface area contributed by atoms with E-state index in [1.807, 2.05) is 0 Å². The fraction of sp³-hybridized carbons (Fsp3) is 0.900. The highest BCUT2D eigenvalue weighted by Crippen LogP contribution is 2.18. The van der Waals surface area contributed by atoms with E-state index in [1.54, 1.807) is 4.90 Å². The largest absolute Gasteiger partial charge is 0.338 e. The van der Waals surface area contributed by atoms with E-state index in [0.29, 0.717) is 19.5 Å². The average Bonchev–Trinajstić information content (AvgIpc) is 2.41. The lowest BCUT2D eigenvalue weighted by Crippen LogP contribution is -2.48. The van der Waals surface area contributed by atoms with Crippen molar-refractivity contribution in [2.75, 3.05) is 31.1 Å². The third-order valence-electron chi connectivity index (χ3n) is 3.23. The predicted molar refractivity (Wildman–Crippen MR) is 60.9 cm³/mol. The smallest absolute Gasteiger partial charge is 0.236 e. The van der Waals surface area contributed by atoms with Crippen molar-refractivity contribution >= 4 is 15.7 Å². The molecule has 1 amide bonds. The first kappa shape index (κ1) is 11.9. The van der Waals surface area contributed by atoms with Crippen LogP contribution >= 0.6 is 0 Å². The molecule has 6 heteroatoms. The number of nitrogens with zero attached hydrogens (tertiary/aromatic N) is 1. The van der Waals surface area contributed by atoms with Crippen LogP contribution in [-0.4, -0.2) is 56.4 Å². The zero-order valence-electron chi connectivity index (χ0n) is 9.31. The van der Waals surface area contributed by atoms with Gasteiger partial charge in [-0.15, -0.1) is 0 Å². The van der Waals surface area contributed by atoms with Crippen molar-refractivity contribution in [2.45, 2.75) is 25.3 Å². The van der Waals surface area contributed by atoms with E-state index < -0.39 is 9.84 Å². The minimum atomic E-state index is -2.93. The summed E-state index contributed by atoms with van der Waals surface area (Å²) in [5, 5.41) is 3.05. The van der Waals surface area contributed by atoms with Gasteiger partial charge in [-0.25, -0.2) is 8.42 Å². The summed E-state index contributed by atoms with van der Waals surface area (Å²) in [5.41, 5.74) is 0. The minimum Gasteiger partial charge on any atom is -0.338 e. The molecule has 0 bridgehead atoms. The van der Waals surface area contributed by atoms with E-state index in [-0.39, 0.29) is 23.5 Å². The fourth-order valence-electron chi connectivity index (χ4n) is 2.43. The van der Waals surface area contributed by atoms with Crippen molar-refractivity contribution in [1.29, 1.82) is 0 Å². The molecule has 1 unspecified atom stereocenters. The Hall–Kier alpha value is -0.620. The van der Waals surface area contributed by atoms with Gasteiger partial charge in [0.2, 0.25) is 5.91 Å². The van der Waals surface area contributed by atoms with Crippen LogP contribution in [0.1, 0.15) is 19.3 Å². The monoisotopic (exact) mass is 246 g/mol. The van der Waals surface area contributed by atoms with Crippen molar-refractivity contribution in [2.24, 2.45) is 0 Å². The quantitative estimate of drug-likeness (QED) is 0.670. The molecule has 2 aliphatic rings. The Labute approximate surface area is 96.1 Å². The molecule has 1 N–H and O–H groups in total. The van der Waals surface area contributed by atoms with Crippen LogP contribution in [0, 0.1) is 0 Å². The van der Waals surface area contributed by atoms with Gasteiger partial charge in [0.15, 0.2) is 9.84 Å². The molecule has 2 heterocycles. The molecule has 2 aliphatic heterocycles. The van der Waals surface area contributed by atoms with Crippen LogP contribution in [0.2, 0.25) is 0 Å². The fourth-order valence-corrected chi connectivity index (χ4v) is 4.13. The summed E-state index contributed by atoms with van der Waals surface area (Å²) in [4.78, 5) is 13.6. The molecular formula is C10H18N2O3S. The van der Waals surface area contributed by atoms with Gasteiger partial charge in [0.25, 0.3) is 0 Å². The summed E-state index contributed by atoms with van der Waals surface area (Å²) in [5.74, 6) is 0.474. The van der Waals surface area contributed by atoms with Crippen LogP contribution < -0.4 is 5.32 Å². The molecule has 2 rings (SSSR count). The van der Waals surface area contributed by atoms with Crippen LogP contribution in [0.5, 0.6) is 0 Å². The standard InChI is InChI=1S/C10H18N2O3S/c13-10-7-11-4-2-5-12(10)9-3-1-6-16(14,15)8-9/h9,11H,1-8H2. The van der Waals surface area contributed by atoms with Crippen LogP contribution in [0.25, 0.3) is 0 Å². The Balaban J connectivity index is 2.07. The lowest BCUT2D eigenvalue weighted by molar-refractivity contribution is -0.131. The number of hydrogen-bond donors (Lipinski definition) is 1. The molecule has 16 heavy (non-hydrogen) atoms. The third kappa shape index (κ3) is 2.74. The number of nitrogens with one attached hydrogen (secondary N) is 1. The Morgan fingerprint density at radius 1 is 1.31 bits per heavy atom. The van der Waals surface area contributed by atoms with E-state index >= 15 is 0 Å². The third-order valence-corrected chi connectivity index (χ3v) is 5.03. The minimum absolute atomic E-state index is 0.0413. The maximum Gasteiger partial charge on any atom is 0.236 e. The maximum absolute atomic E-state index is 11.8. The highest BCUT2D eigenvalue weighted by atomic mass is 32.2. The van der Waals surface area contributed by atoms with Gasteiger partial charge in [-0.3, -0.25) is 4.79 Å². The summed E-state index contributed by atoms with van der Waals surface area (Å²) < 4.78 is 23.1. The Morgan fingerprint density at radius 2 is 2.12 bits per heavy atom. The van der Waals surface area contributed by atoms with E-state index in [0.717, 1.165) is 19.4 Å². The van der Waals surface area contributed by atoms with Crippen molar-refractivity contribution < 1.29 is 13.2 Å². The summed E-state index contributed by atoms with van der Waals surface area (Å²) in [6.07, 6.45) is 2.41. The van der Waals surface area contributed by atoms with Gasteiger partial charge in [-0.1, -0.05) is 0 Å². The zero-order valence-corrected chi connectivity index (χ0v) is 10.1. The van der Waals surface area contributed by atoms with Gasteiger partial charge in [0, 0.05) is 12.6 Å². The topological polar surface area (TPSA) is 66.5 Å². The summed E-state index contributed by atoms with van der Waals surface area (Å²) in [7, 11) is -2.93. The van der Waals surface area contributed by atoms with Gasteiger partial charge in [-0.05, 0) is 25.8 Å². The molecule has 0 radical (unpaired) electrons. The lowest BCUT2D eigenvalue weighted by Gasteiger charge is -2.33. The number of carbonyl (C=O) groups is 1. The van der Waals surface area contributed by atoms with Crippen LogP contribution in [0.15, 0.2) is 0 Å². The first-order chi connectivity index (χ1) is 7.58. The highest BCUT2D eigenvalue weighted by molar-refractivity contribution is 7.91. The number of carbonyl (C=O) groups excluding carboxylic acids is 1. The van der Waals surface area contributed by atoms with Crippen LogP contribution in [0.4, 0.5) is 0 Å². The summed E-state index contributed by atoms with van der Waals surface area (Å²) >= 11 is 0.